The average molecular weight is 727 g/mol. The largest absolute Gasteiger partial charge is 0.494 e. The molecule has 5 aromatic carbocycles. The molecule has 0 amide bonds. The Labute approximate surface area is 320 Å². The molecule has 0 aliphatic carbocycles. The molecule has 0 N–H and O–H groups in total. The van der Waals surface area contributed by atoms with Gasteiger partial charge in [-0.15, -0.1) is 0 Å². The fourth-order valence-electron chi connectivity index (χ4n) is 5.84. The van der Waals surface area contributed by atoms with Crippen molar-refractivity contribution < 1.29 is 28.1 Å². The van der Waals surface area contributed by atoms with Gasteiger partial charge in [-0.3, -0.25) is 4.79 Å². The average Bonchev–Trinajstić information content (AvgIpc) is 3.20. The first-order valence-electron chi connectivity index (χ1n) is 19.0. The van der Waals surface area contributed by atoms with Crippen LogP contribution < -0.4 is 18.9 Å². The molecule has 54 heavy (non-hydrogen) atoms. The molecule has 0 aliphatic rings. The van der Waals surface area contributed by atoms with Crippen LogP contribution in [0.3, 0.4) is 0 Å². The van der Waals surface area contributed by atoms with Gasteiger partial charge in [0.25, 0.3) is 0 Å². The molecule has 5 rings (SSSR count). The van der Waals surface area contributed by atoms with Crippen molar-refractivity contribution in [3.63, 3.8) is 0 Å². The van der Waals surface area contributed by atoms with E-state index in [1.165, 1.54) is 68.9 Å². The van der Waals surface area contributed by atoms with Crippen molar-refractivity contribution in [1.29, 1.82) is 0 Å². The quantitative estimate of drug-likeness (QED) is 0.0381. The second kappa shape index (κ2) is 21.8. The van der Waals surface area contributed by atoms with Crippen LogP contribution in [-0.2, 0) is 0 Å². The van der Waals surface area contributed by atoms with Crippen LogP contribution in [-0.4, -0.2) is 32.2 Å². The summed E-state index contributed by atoms with van der Waals surface area (Å²) in [6, 6.07) is 37.4. The lowest BCUT2D eigenvalue weighted by molar-refractivity contribution is 0.104. The smallest absolute Gasteiger partial charge is 0.185 e. The molecule has 0 saturated heterocycles. The van der Waals surface area contributed by atoms with Gasteiger partial charge in [-0.1, -0.05) is 105 Å². The number of benzene rings is 5. The highest BCUT2D eigenvalue weighted by atomic mass is 19.1. The number of carbonyl (C=O) groups is 1. The van der Waals surface area contributed by atoms with Gasteiger partial charge in [-0.25, -0.2) is 4.39 Å². The lowest BCUT2D eigenvalue weighted by Crippen LogP contribution is -2.08. The Hall–Kier alpha value is -5.62. The van der Waals surface area contributed by atoms with Crippen molar-refractivity contribution in [2.24, 2.45) is 0 Å². The molecule has 0 heterocycles. The summed E-state index contributed by atoms with van der Waals surface area (Å²) < 4.78 is 36.6. The maximum atomic E-state index is 13.1. The number of ketones is 1. The van der Waals surface area contributed by atoms with E-state index in [1.807, 2.05) is 67.6 Å². The Morgan fingerprint density at radius 2 is 0.870 bits per heavy atom. The van der Waals surface area contributed by atoms with Crippen LogP contribution >= 0.6 is 0 Å². The number of rotatable bonds is 23. The standard InChI is InChI=1S/C48H51FO5/c1-37(2)39-16-26-45(27-17-39)51-33-9-7-5-3-4-6-8-10-34-52-46-28-18-40(19-29-46)41-20-30-47(31-21-41)54-36-35-53-44-24-11-38(12-25-44)13-32-48(50)42-14-22-43(49)23-15-42/h11-32H,1,3-10,33-36H2,2H3. The fraction of sp³-hybridized carbons (Fsp3) is 0.271. The number of hydrogen-bond acceptors (Lipinski definition) is 5. The molecule has 280 valence electrons. The third kappa shape index (κ3) is 13.7. The van der Waals surface area contributed by atoms with E-state index in [9.17, 15) is 9.18 Å². The van der Waals surface area contributed by atoms with E-state index in [1.54, 1.807) is 6.08 Å². The Morgan fingerprint density at radius 1 is 0.500 bits per heavy atom. The molecule has 6 heteroatoms. The molecule has 5 aromatic rings. The van der Waals surface area contributed by atoms with Crippen LogP contribution in [0.2, 0.25) is 0 Å². The third-order valence-electron chi connectivity index (χ3n) is 9.02. The lowest BCUT2D eigenvalue weighted by Gasteiger charge is -2.10. The van der Waals surface area contributed by atoms with E-state index in [-0.39, 0.29) is 11.6 Å². The summed E-state index contributed by atoms with van der Waals surface area (Å²) in [6.45, 7) is 8.31. The summed E-state index contributed by atoms with van der Waals surface area (Å²) >= 11 is 0. The maximum absolute atomic E-state index is 13.1. The van der Waals surface area contributed by atoms with Gasteiger partial charge in [-0.2, -0.15) is 0 Å². The minimum atomic E-state index is -0.367. The molecule has 0 saturated carbocycles. The monoisotopic (exact) mass is 726 g/mol. The molecule has 0 fully saturated rings. The molecular formula is C48H51FO5. The maximum Gasteiger partial charge on any atom is 0.185 e. The van der Waals surface area contributed by atoms with E-state index in [0.29, 0.717) is 24.5 Å². The molecule has 0 spiro atoms. The number of hydrogen-bond donors (Lipinski definition) is 0. The molecule has 0 aromatic heterocycles. The molecule has 0 bridgehead atoms. The summed E-state index contributed by atoms with van der Waals surface area (Å²) in [4.78, 5) is 12.3. The van der Waals surface area contributed by atoms with Crippen molar-refractivity contribution in [3.05, 3.63) is 156 Å². The van der Waals surface area contributed by atoms with Crippen molar-refractivity contribution in [3.8, 4) is 34.1 Å². The van der Waals surface area contributed by atoms with E-state index in [0.717, 1.165) is 71.1 Å². The van der Waals surface area contributed by atoms with Crippen LogP contribution in [0.5, 0.6) is 23.0 Å². The van der Waals surface area contributed by atoms with Gasteiger partial charge in [0.1, 0.15) is 42.0 Å². The van der Waals surface area contributed by atoms with Crippen LogP contribution in [0.25, 0.3) is 22.8 Å². The molecule has 0 atom stereocenters. The minimum absolute atomic E-state index is 0.182. The second-order valence-electron chi connectivity index (χ2n) is 13.3. The highest BCUT2D eigenvalue weighted by molar-refractivity contribution is 6.06. The Bertz CT molecular complexity index is 1880. The summed E-state index contributed by atoms with van der Waals surface area (Å²) in [6.07, 6.45) is 12.8. The predicted molar refractivity (Wildman–Crippen MR) is 218 cm³/mol. The van der Waals surface area contributed by atoms with Gasteiger partial charge in [0, 0.05) is 5.56 Å². The Kier molecular flexibility index (Phi) is 16.0. The normalized spacial score (nSPS) is 11.0. The first-order valence-corrected chi connectivity index (χ1v) is 19.0. The molecule has 5 nitrogen and oxygen atoms in total. The van der Waals surface area contributed by atoms with Gasteiger partial charge < -0.3 is 18.9 Å². The Balaban J connectivity index is 0.880. The fourth-order valence-corrected chi connectivity index (χ4v) is 5.84. The van der Waals surface area contributed by atoms with Crippen molar-refractivity contribution in [2.75, 3.05) is 26.4 Å². The topological polar surface area (TPSA) is 54.0 Å². The molecule has 0 unspecified atom stereocenters. The van der Waals surface area contributed by atoms with Crippen molar-refractivity contribution >= 4 is 17.4 Å². The third-order valence-corrected chi connectivity index (χ3v) is 9.02. The zero-order valence-corrected chi connectivity index (χ0v) is 31.3. The van der Waals surface area contributed by atoms with E-state index >= 15 is 0 Å². The van der Waals surface area contributed by atoms with E-state index in [4.69, 9.17) is 18.9 Å². The number of halogens is 1. The zero-order chi connectivity index (χ0) is 37.8. The van der Waals surface area contributed by atoms with Gasteiger partial charge in [0.05, 0.1) is 13.2 Å². The highest BCUT2D eigenvalue weighted by Crippen LogP contribution is 2.25. The predicted octanol–water partition coefficient (Wildman–Crippen LogP) is 12.5. The van der Waals surface area contributed by atoms with Crippen molar-refractivity contribution in [1.82, 2.24) is 0 Å². The number of carbonyl (C=O) groups excluding carboxylic acids is 1. The summed E-state index contributed by atoms with van der Waals surface area (Å²) in [5.74, 6) is 2.78. The molecule has 0 aliphatic heterocycles. The number of ether oxygens (including phenoxy) is 4. The van der Waals surface area contributed by atoms with Crippen LogP contribution in [0.1, 0.15) is 79.8 Å². The second-order valence-corrected chi connectivity index (χ2v) is 13.3. The first-order chi connectivity index (χ1) is 26.4. The molecular weight excluding hydrogens is 676 g/mol. The Morgan fingerprint density at radius 3 is 1.31 bits per heavy atom. The van der Waals surface area contributed by atoms with E-state index in [2.05, 4.69) is 43.0 Å². The van der Waals surface area contributed by atoms with Crippen LogP contribution in [0.4, 0.5) is 4.39 Å². The highest BCUT2D eigenvalue weighted by Gasteiger charge is 2.04. The summed E-state index contributed by atoms with van der Waals surface area (Å²) in [7, 11) is 0. The van der Waals surface area contributed by atoms with Crippen molar-refractivity contribution in [2.45, 2.75) is 58.3 Å². The SMILES string of the molecule is C=C(C)c1ccc(OCCCCCCCCCCOc2ccc(-c3ccc(OCCOc4ccc(C=CC(=O)c5ccc(F)cc5)cc4)cc3)cc2)cc1. The molecule has 0 radical (unpaired) electrons. The van der Waals surface area contributed by atoms with Crippen LogP contribution in [0.15, 0.2) is 134 Å². The first kappa shape index (κ1) is 39.6. The van der Waals surface area contributed by atoms with Gasteiger partial charge in [-0.05, 0) is 121 Å². The van der Waals surface area contributed by atoms with E-state index < -0.39 is 0 Å². The van der Waals surface area contributed by atoms with Crippen LogP contribution in [0, 0.1) is 5.82 Å². The van der Waals surface area contributed by atoms with Gasteiger partial charge in [0.15, 0.2) is 5.78 Å². The summed E-state index contributed by atoms with van der Waals surface area (Å²) in [5.41, 5.74) is 5.77. The number of allylic oxidation sites excluding steroid dienone is 2. The summed E-state index contributed by atoms with van der Waals surface area (Å²) in [5, 5.41) is 0. The van der Waals surface area contributed by atoms with Gasteiger partial charge in [0.2, 0.25) is 0 Å². The lowest BCUT2D eigenvalue weighted by atomic mass is 10.1. The zero-order valence-electron chi connectivity index (χ0n) is 31.3. The minimum Gasteiger partial charge on any atom is -0.494 e. The van der Waals surface area contributed by atoms with Gasteiger partial charge >= 0.3 is 0 Å². The number of unbranched alkanes of at least 4 members (excludes halogenated alkanes) is 7.